The Kier molecular flexibility index (Phi) is 6.04. The van der Waals surface area contributed by atoms with Crippen molar-refractivity contribution in [3.63, 3.8) is 0 Å². The number of rotatable bonds is 3. The minimum absolute atomic E-state index is 0. The lowest BCUT2D eigenvalue weighted by Crippen LogP contribution is -2.49. The molecule has 2 fully saturated rings. The first kappa shape index (κ1) is 17.8. The van der Waals surface area contributed by atoms with Gasteiger partial charge in [0.2, 0.25) is 0 Å². The zero-order chi connectivity index (χ0) is 15.5. The third-order valence-electron chi connectivity index (χ3n) is 4.24. The zero-order valence-electron chi connectivity index (χ0n) is 13.2. The summed E-state index contributed by atoms with van der Waals surface area (Å²) in [7, 11) is 0. The number of nitrogens with one attached hydrogen (secondary N) is 1. The van der Waals surface area contributed by atoms with Crippen LogP contribution in [0.1, 0.15) is 6.92 Å². The molecule has 2 saturated heterocycles. The van der Waals surface area contributed by atoms with Gasteiger partial charge in [0.25, 0.3) is 5.69 Å². The van der Waals surface area contributed by atoms with Crippen molar-refractivity contribution in [1.82, 2.24) is 5.32 Å². The fraction of sp³-hybridized carbons (Fsp3) is 0.600. The number of anilines is 2. The van der Waals surface area contributed by atoms with Crippen molar-refractivity contribution in [2.24, 2.45) is 0 Å². The molecule has 1 unspecified atom stereocenters. The highest BCUT2D eigenvalue weighted by Gasteiger charge is 2.24. The monoisotopic (exact) mass is 342 g/mol. The summed E-state index contributed by atoms with van der Waals surface area (Å²) in [4.78, 5) is 15.4. The molecule has 0 aromatic heterocycles. The van der Waals surface area contributed by atoms with Gasteiger partial charge >= 0.3 is 0 Å². The van der Waals surface area contributed by atoms with Gasteiger partial charge in [0, 0.05) is 50.5 Å². The van der Waals surface area contributed by atoms with Gasteiger partial charge in [-0.15, -0.1) is 12.4 Å². The highest BCUT2D eigenvalue weighted by Crippen LogP contribution is 2.33. The second-order valence-electron chi connectivity index (χ2n) is 5.83. The molecular formula is C15H23ClN4O3. The van der Waals surface area contributed by atoms with E-state index in [1.807, 2.05) is 12.1 Å². The van der Waals surface area contributed by atoms with E-state index in [1.165, 1.54) is 0 Å². The second-order valence-corrected chi connectivity index (χ2v) is 5.83. The van der Waals surface area contributed by atoms with E-state index >= 15 is 0 Å². The highest BCUT2D eigenvalue weighted by molar-refractivity contribution is 5.85. The molecule has 3 rings (SSSR count). The number of ether oxygens (including phenoxy) is 1. The van der Waals surface area contributed by atoms with Gasteiger partial charge in [-0.1, -0.05) is 0 Å². The van der Waals surface area contributed by atoms with Crippen molar-refractivity contribution in [3.8, 4) is 0 Å². The van der Waals surface area contributed by atoms with Gasteiger partial charge in [0.05, 0.1) is 18.1 Å². The first-order valence-electron chi connectivity index (χ1n) is 7.74. The van der Waals surface area contributed by atoms with E-state index in [1.54, 1.807) is 6.07 Å². The summed E-state index contributed by atoms with van der Waals surface area (Å²) in [6.07, 6.45) is 0. The van der Waals surface area contributed by atoms with Crippen LogP contribution in [0.2, 0.25) is 0 Å². The molecule has 1 aromatic carbocycles. The lowest BCUT2D eigenvalue weighted by Gasteiger charge is -2.35. The smallest absolute Gasteiger partial charge is 0.292 e. The van der Waals surface area contributed by atoms with E-state index in [9.17, 15) is 10.1 Å². The topological polar surface area (TPSA) is 70.9 Å². The van der Waals surface area contributed by atoms with E-state index in [2.05, 4.69) is 22.0 Å². The van der Waals surface area contributed by atoms with Crippen LogP contribution in [0.4, 0.5) is 17.1 Å². The van der Waals surface area contributed by atoms with Crippen molar-refractivity contribution in [1.29, 1.82) is 0 Å². The maximum Gasteiger partial charge on any atom is 0.292 e. The number of benzene rings is 1. The Balaban J connectivity index is 0.00000192. The van der Waals surface area contributed by atoms with Crippen LogP contribution in [0.5, 0.6) is 0 Å². The van der Waals surface area contributed by atoms with Crippen LogP contribution in [0, 0.1) is 10.1 Å². The van der Waals surface area contributed by atoms with Gasteiger partial charge in [0.15, 0.2) is 0 Å². The molecule has 0 radical (unpaired) electrons. The maximum absolute atomic E-state index is 11.3. The molecule has 128 valence electrons. The molecule has 0 bridgehead atoms. The zero-order valence-corrected chi connectivity index (χ0v) is 14.1. The van der Waals surface area contributed by atoms with Crippen molar-refractivity contribution in [2.75, 3.05) is 55.7 Å². The van der Waals surface area contributed by atoms with E-state index in [4.69, 9.17) is 4.74 Å². The standard InChI is InChI=1S/C15H22N4O3.ClH/c1-12-11-18(5-4-16-12)13-2-3-14(19(20)21)15(10-13)17-6-8-22-9-7-17;/h2-3,10,12,16H,4-9,11H2,1H3;1H. The summed E-state index contributed by atoms with van der Waals surface area (Å²) in [6, 6.07) is 5.88. The Hall–Kier alpha value is -1.57. The van der Waals surface area contributed by atoms with E-state index in [0.717, 1.165) is 25.3 Å². The van der Waals surface area contributed by atoms with Crippen molar-refractivity contribution < 1.29 is 9.66 Å². The number of hydrogen-bond acceptors (Lipinski definition) is 6. The molecule has 1 aromatic rings. The molecule has 23 heavy (non-hydrogen) atoms. The molecule has 0 aliphatic carbocycles. The molecule has 2 aliphatic heterocycles. The minimum atomic E-state index is -0.297. The summed E-state index contributed by atoms with van der Waals surface area (Å²) < 4.78 is 5.35. The Morgan fingerprint density at radius 2 is 2.00 bits per heavy atom. The van der Waals surface area contributed by atoms with Crippen LogP contribution in [-0.2, 0) is 4.74 Å². The predicted molar refractivity (Wildman–Crippen MR) is 93.1 cm³/mol. The van der Waals surface area contributed by atoms with Gasteiger partial charge in [-0.3, -0.25) is 10.1 Å². The van der Waals surface area contributed by atoms with E-state index in [-0.39, 0.29) is 23.0 Å². The number of halogens is 1. The molecule has 8 heteroatoms. The fourth-order valence-electron chi connectivity index (χ4n) is 3.09. The quantitative estimate of drug-likeness (QED) is 0.665. The molecule has 2 aliphatic rings. The number of nitrogens with zero attached hydrogens (tertiary/aromatic N) is 3. The molecule has 0 saturated carbocycles. The summed E-state index contributed by atoms with van der Waals surface area (Å²) in [5.41, 5.74) is 1.94. The predicted octanol–water partition coefficient (Wildman–Crippen LogP) is 1.65. The normalized spacial score (nSPS) is 21.7. The second kappa shape index (κ2) is 7.81. The summed E-state index contributed by atoms with van der Waals surface area (Å²) in [5, 5.41) is 14.7. The molecule has 0 amide bonds. The lowest BCUT2D eigenvalue weighted by atomic mass is 10.1. The minimum Gasteiger partial charge on any atom is -0.378 e. The van der Waals surface area contributed by atoms with Crippen molar-refractivity contribution >= 4 is 29.5 Å². The summed E-state index contributed by atoms with van der Waals surface area (Å²) in [6.45, 7) is 7.55. The summed E-state index contributed by atoms with van der Waals surface area (Å²) >= 11 is 0. The molecular weight excluding hydrogens is 320 g/mol. The van der Waals surface area contributed by atoms with E-state index in [0.29, 0.717) is 38.0 Å². The lowest BCUT2D eigenvalue weighted by molar-refractivity contribution is -0.384. The number of nitro benzene ring substituents is 1. The Labute approximate surface area is 142 Å². The Bertz CT molecular complexity index is 552. The fourth-order valence-corrected chi connectivity index (χ4v) is 3.09. The number of morpholine rings is 1. The maximum atomic E-state index is 11.3. The molecule has 2 heterocycles. The van der Waals surface area contributed by atoms with Crippen LogP contribution in [0.15, 0.2) is 18.2 Å². The van der Waals surface area contributed by atoms with Gasteiger partial charge in [-0.25, -0.2) is 0 Å². The molecule has 1 atom stereocenters. The number of hydrogen-bond donors (Lipinski definition) is 1. The molecule has 0 spiro atoms. The SMILES string of the molecule is CC1CN(c2ccc([N+](=O)[O-])c(N3CCOCC3)c2)CCN1.Cl. The van der Waals surface area contributed by atoms with Crippen molar-refractivity contribution in [2.45, 2.75) is 13.0 Å². The third-order valence-corrected chi connectivity index (χ3v) is 4.24. The Morgan fingerprint density at radius 3 is 2.65 bits per heavy atom. The average molecular weight is 343 g/mol. The van der Waals surface area contributed by atoms with Crippen LogP contribution in [0.3, 0.4) is 0 Å². The number of piperazine rings is 1. The first-order chi connectivity index (χ1) is 10.6. The summed E-state index contributed by atoms with van der Waals surface area (Å²) in [5.74, 6) is 0. The highest BCUT2D eigenvalue weighted by atomic mass is 35.5. The average Bonchev–Trinajstić information content (AvgIpc) is 2.55. The van der Waals surface area contributed by atoms with Gasteiger partial charge in [-0.2, -0.15) is 0 Å². The van der Waals surface area contributed by atoms with Crippen molar-refractivity contribution in [3.05, 3.63) is 28.3 Å². The van der Waals surface area contributed by atoms with Crippen LogP contribution in [0.25, 0.3) is 0 Å². The van der Waals surface area contributed by atoms with E-state index < -0.39 is 0 Å². The van der Waals surface area contributed by atoms with Gasteiger partial charge < -0.3 is 19.9 Å². The molecule has 7 nitrogen and oxygen atoms in total. The Morgan fingerprint density at radius 1 is 1.26 bits per heavy atom. The largest absolute Gasteiger partial charge is 0.378 e. The third kappa shape index (κ3) is 4.04. The van der Waals surface area contributed by atoms with Gasteiger partial charge in [0.1, 0.15) is 5.69 Å². The van der Waals surface area contributed by atoms with Gasteiger partial charge in [-0.05, 0) is 19.1 Å². The van der Waals surface area contributed by atoms with Crippen LogP contribution < -0.4 is 15.1 Å². The molecule has 1 N–H and O–H groups in total. The van der Waals surface area contributed by atoms with Crippen LogP contribution in [-0.4, -0.2) is 56.9 Å². The van der Waals surface area contributed by atoms with Crippen LogP contribution >= 0.6 is 12.4 Å². The first-order valence-corrected chi connectivity index (χ1v) is 7.74. The number of nitro groups is 1.